The van der Waals surface area contributed by atoms with Gasteiger partial charge in [-0.25, -0.2) is 4.98 Å². The second kappa shape index (κ2) is 7.81. The van der Waals surface area contributed by atoms with Crippen molar-refractivity contribution in [2.45, 2.75) is 38.8 Å². The molecule has 1 N–H and O–H groups in total. The Kier molecular flexibility index (Phi) is 5.72. The van der Waals surface area contributed by atoms with Gasteiger partial charge in [0, 0.05) is 19.1 Å². The highest BCUT2D eigenvalue weighted by molar-refractivity contribution is 7.79. The fraction of sp³-hybridized carbons (Fsp3) is 0.643. The van der Waals surface area contributed by atoms with E-state index in [1.54, 1.807) is 0 Å². The Morgan fingerprint density at radius 3 is 2.84 bits per heavy atom. The first-order chi connectivity index (χ1) is 11.9. The van der Waals surface area contributed by atoms with Gasteiger partial charge in [0.1, 0.15) is 6.33 Å². The topological polar surface area (TPSA) is 108 Å². The van der Waals surface area contributed by atoms with E-state index < -0.39 is 11.1 Å². The fourth-order valence-electron chi connectivity index (χ4n) is 2.75. The summed E-state index contributed by atoms with van der Waals surface area (Å²) < 4.78 is 28.8. The van der Waals surface area contributed by atoms with Crippen LogP contribution < -0.4 is 10.1 Å². The molecular weight excluding hydrogens is 368 g/mol. The zero-order valence-corrected chi connectivity index (χ0v) is 15.6. The highest BCUT2D eigenvalue weighted by Gasteiger charge is 2.21. The van der Waals surface area contributed by atoms with Gasteiger partial charge in [0.05, 0.1) is 12.0 Å². The summed E-state index contributed by atoms with van der Waals surface area (Å²) in [7, 11) is 0. The highest BCUT2D eigenvalue weighted by Crippen LogP contribution is 2.28. The summed E-state index contributed by atoms with van der Waals surface area (Å²) in [4.78, 5) is 10.4. The zero-order chi connectivity index (χ0) is 18.0. The third-order valence-corrected chi connectivity index (χ3v) is 4.71. The summed E-state index contributed by atoms with van der Waals surface area (Å²) in [5.74, 6) is 0.968. The molecule has 1 aliphatic rings. The van der Waals surface area contributed by atoms with Crippen LogP contribution in [0.25, 0.3) is 5.65 Å². The molecule has 3 heterocycles. The van der Waals surface area contributed by atoms with E-state index in [1.165, 1.54) is 10.8 Å². The molecule has 9 nitrogen and oxygen atoms in total. The van der Waals surface area contributed by atoms with Crippen molar-refractivity contribution in [2.24, 2.45) is 0 Å². The molecule has 0 radical (unpaired) electrons. The third kappa shape index (κ3) is 4.57. The Morgan fingerprint density at radius 1 is 1.48 bits per heavy atom. The average Bonchev–Trinajstić information content (AvgIpc) is 2.94. The van der Waals surface area contributed by atoms with Crippen LogP contribution in [0.3, 0.4) is 0 Å². The van der Waals surface area contributed by atoms with Crippen LogP contribution in [0.2, 0.25) is 5.15 Å². The minimum Gasteiger partial charge on any atom is -0.771 e. The first kappa shape index (κ1) is 18.3. The van der Waals surface area contributed by atoms with Gasteiger partial charge in [-0.1, -0.05) is 11.6 Å². The minimum absolute atomic E-state index is 0.0606. The molecule has 2 aromatic rings. The van der Waals surface area contributed by atoms with Crippen molar-refractivity contribution in [3.05, 3.63) is 11.5 Å². The molecule has 3 rings (SSSR count). The second-order valence-corrected chi connectivity index (χ2v) is 7.43. The molecule has 11 heteroatoms. The lowest BCUT2D eigenvalue weighted by atomic mass is 10.1. The molecule has 138 valence electrons. The Bertz CT molecular complexity index is 762. The van der Waals surface area contributed by atoms with Crippen LogP contribution in [-0.4, -0.2) is 64.4 Å². The fourth-order valence-corrected chi connectivity index (χ4v) is 3.48. The summed E-state index contributed by atoms with van der Waals surface area (Å²) in [6.07, 6.45) is 3.08. The number of nitrogens with one attached hydrogen (secondary N) is 1. The first-order valence-corrected chi connectivity index (χ1v) is 9.67. The number of aromatic nitrogens is 4. The van der Waals surface area contributed by atoms with E-state index in [-0.39, 0.29) is 23.2 Å². The van der Waals surface area contributed by atoms with Crippen molar-refractivity contribution in [3.63, 3.8) is 0 Å². The van der Waals surface area contributed by atoms with Crippen molar-refractivity contribution in [2.75, 3.05) is 24.3 Å². The lowest BCUT2D eigenvalue weighted by Crippen LogP contribution is -2.40. The molecular formula is C14H20ClN6O3S-. The van der Waals surface area contributed by atoms with Crippen LogP contribution in [0, 0.1) is 0 Å². The van der Waals surface area contributed by atoms with Crippen molar-refractivity contribution >= 4 is 34.3 Å². The maximum absolute atomic E-state index is 10.8. The van der Waals surface area contributed by atoms with Gasteiger partial charge in [0.15, 0.2) is 5.15 Å². The Hall–Kier alpha value is -1.49. The quantitative estimate of drug-likeness (QED) is 0.583. The van der Waals surface area contributed by atoms with E-state index in [2.05, 4.69) is 20.4 Å². The van der Waals surface area contributed by atoms with Crippen molar-refractivity contribution < 1.29 is 13.5 Å². The maximum Gasteiger partial charge on any atom is 0.243 e. The third-order valence-electron chi connectivity index (χ3n) is 3.86. The van der Waals surface area contributed by atoms with Crippen LogP contribution in [0.4, 0.5) is 5.95 Å². The minimum atomic E-state index is -2.04. The van der Waals surface area contributed by atoms with Crippen LogP contribution in [0.5, 0.6) is 5.75 Å². The van der Waals surface area contributed by atoms with Gasteiger partial charge < -0.3 is 14.6 Å². The van der Waals surface area contributed by atoms with Gasteiger partial charge in [-0.2, -0.15) is 9.50 Å². The van der Waals surface area contributed by atoms with E-state index in [0.717, 1.165) is 12.8 Å². The highest BCUT2D eigenvalue weighted by atomic mass is 35.5. The number of nitrogens with zero attached hydrogens (tertiary/aromatic N) is 5. The molecule has 0 aliphatic carbocycles. The van der Waals surface area contributed by atoms with Crippen LogP contribution in [0.15, 0.2) is 6.33 Å². The Balaban J connectivity index is 1.70. The molecule has 1 unspecified atom stereocenters. The molecule has 0 saturated carbocycles. The van der Waals surface area contributed by atoms with E-state index >= 15 is 0 Å². The molecule has 0 aromatic carbocycles. The summed E-state index contributed by atoms with van der Waals surface area (Å²) in [6, 6.07) is 0.187. The Labute approximate surface area is 153 Å². The molecule has 2 aromatic heterocycles. The predicted molar refractivity (Wildman–Crippen MR) is 93.6 cm³/mol. The number of halogens is 1. The van der Waals surface area contributed by atoms with Gasteiger partial charge in [-0.15, -0.1) is 5.10 Å². The van der Waals surface area contributed by atoms with Gasteiger partial charge in [-0.3, -0.25) is 9.11 Å². The number of ether oxygens (including phenoxy) is 1. The largest absolute Gasteiger partial charge is 0.771 e. The lowest BCUT2D eigenvalue weighted by Gasteiger charge is -2.32. The second-order valence-electron chi connectivity index (χ2n) is 6.20. The summed E-state index contributed by atoms with van der Waals surface area (Å²) in [6.45, 7) is 5.23. The van der Waals surface area contributed by atoms with Crippen molar-refractivity contribution in [3.8, 4) is 5.75 Å². The summed E-state index contributed by atoms with van der Waals surface area (Å²) in [5.41, 5.74) is 0.510. The number of rotatable bonds is 6. The average molecular weight is 388 g/mol. The predicted octanol–water partition coefficient (Wildman–Crippen LogP) is 1.28. The van der Waals surface area contributed by atoms with Gasteiger partial charge in [0.2, 0.25) is 17.3 Å². The molecule has 1 fully saturated rings. The molecule has 1 atom stereocenters. The van der Waals surface area contributed by atoms with Gasteiger partial charge in [-0.05, 0) is 37.8 Å². The molecule has 1 saturated heterocycles. The normalized spacial score (nSPS) is 18.0. The van der Waals surface area contributed by atoms with Crippen LogP contribution in [0.1, 0.15) is 26.7 Å². The number of hydrogen-bond donors (Lipinski definition) is 1. The molecule has 0 bridgehead atoms. The van der Waals surface area contributed by atoms with E-state index in [1.807, 2.05) is 18.7 Å². The number of anilines is 1. The number of hydrogen-bond acceptors (Lipinski definition) is 8. The maximum atomic E-state index is 10.8. The Morgan fingerprint density at radius 2 is 2.20 bits per heavy atom. The smallest absolute Gasteiger partial charge is 0.243 e. The summed E-state index contributed by atoms with van der Waals surface area (Å²) >= 11 is 4.07. The van der Waals surface area contributed by atoms with Gasteiger partial charge in [0.25, 0.3) is 0 Å². The van der Waals surface area contributed by atoms with Crippen molar-refractivity contribution in [1.82, 2.24) is 24.5 Å². The molecule has 0 spiro atoms. The molecule has 1 aliphatic heterocycles. The number of piperidine rings is 1. The van der Waals surface area contributed by atoms with Crippen LogP contribution >= 0.6 is 11.6 Å². The lowest BCUT2D eigenvalue weighted by molar-refractivity contribution is 0.243. The SMILES string of the molecule is CC(C)Oc1c(Cl)ncn2nc(NC3CCN(CS(=O)[O-])CC3)nc12. The van der Waals surface area contributed by atoms with Crippen LogP contribution in [-0.2, 0) is 11.1 Å². The van der Waals surface area contributed by atoms with Gasteiger partial charge >= 0.3 is 0 Å². The van der Waals surface area contributed by atoms with Crippen molar-refractivity contribution in [1.29, 1.82) is 0 Å². The standard InChI is InChI=1S/C14H21ClN6O3S/c1-9(2)24-11-12(15)16-7-21-13(11)18-14(19-21)17-10-3-5-20(6-4-10)8-25(22)23/h7,9-10H,3-6,8H2,1-2H3,(H,17,19)(H,22,23)/p-1. The first-order valence-electron chi connectivity index (χ1n) is 8.04. The number of likely N-dealkylation sites (tertiary alicyclic amines) is 1. The van der Waals surface area contributed by atoms with E-state index in [4.69, 9.17) is 16.3 Å². The molecule has 25 heavy (non-hydrogen) atoms. The number of fused-ring (bicyclic) bond motifs is 1. The van der Waals surface area contributed by atoms with E-state index in [0.29, 0.717) is 30.4 Å². The summed E-state index contributed by atoms with van der Waals surface area (Å²) in [5, 5.41) is 7.91. The molecule has 0 amide bonds. The monoisotopic (exact) mass is 387 g/mol. The van der Waals surface area contributed by atoms with E-state index in [9.17, 15) is 8.76 Å². The zero-order valence-electron chi connectivity index (χ0n) is 14.0.